The van der Waals surface area contributed by atoms with Crippen LogP contribution in [0, 0.1) is 11.6 Å². The minimum Gasteiger partial charge on any atom is -0.367 e. The third kappa shape index (κ3) is 4.71. The molecular weight excluding hydrogens is 528 g/mol. The highest BCUT2D eigenvalue weighted by atomic mass is 32.1. The number of nitrogens with zero attached hydrogens (tertiary/aromatic N) is 6. The van der Waals surface area contributed by atoms with Crippen LogP contribution in [0.15, 0.2) is 60.7 Å². The molecule has 1 saturated carbocycles. The molecule has 3 heterocycles. The lowest BCUT2D eigenvalue weighted by Gasteiger charge is -2.36. The van der Waals surface area contributed by atoms with Gasteiger partial charge in [0, 0.05) is 37.8 Å². The SMILES string of the molecule is CCN1CCN(c2cc3c(cc2Nc2nnc(-c4ccc(F)cc4)s2)nc(-c2ccccc2F)n3C2CC2)CC1. The summed E-state index contributed by atoms with van der Waals surface area (Å²) in [5, 5.41) is 13.6. The van der Waals surface area contributed by atoms with E-state index in [0.29, 0.717) is 27.6 Å². The molecule has 5 aromatic rings. The summed E-state index contributed by atoms with van der Waals surface area (Å²) in [6.45, 7) is 7.02. The van der Waals surface area contributed by atoms with Crippen LogP contribution in [0.25, 0.3) is 33.0 Å². The van der Waals surface area contributed by atoms with Crippen LogP contribution < -0.4 is 10.2 Å². The Hall–Kier alpha value is -3.89. The van der Waals surface area contributed by atoms with Gasteiger partial charge in [-0.15, -0.1) is 10.2 Å². The lowest BCUT2D eigenvalue weighted by molar-refractivity contribution is 0.271. The molecule has 0 bridgehead atoms. The van der Waals surface area contributed by atoms with E-state index in [1.807, 2.05) is 6.07 Å². The molecule has 0 atom stereocenters. The molecule has 0 unspecified atom stereocenters. The van der Waals surface area contributed by atoms with Gasteiger partial charge in [-0.05, 0) is 67.9 Å². The van der Waals surface area contributed by atoms with Crippen LogP contribution in [0.3, 0.4) is 0 Å². The van der Waals surface area contributed by atoms with Crippen LogP contribution in [0.5, 0.6) is 0 Å². The average molecular weight is 558 g/mol. The van der Waals surface area contributed by atoms with Gasteiger partial charge in [-0.25, -0.2) is 13.8 Å². The molecule has 2 fully saturated rings. The number of imidazole rings is 1. The fraction of sp³-hybridized carbons (Fsp3) is 0.300. The maximum atomic E-state index is 14.9. The Bertz CT molecular complexity index is 1670. The van der Waals surface area contributed by atoms with Crippen LogP contribution in [-0.4, -0.2) is 57.4 Å². The third-order valence-electron chi connectivity index (χ3n) is 7.75. The smallest absolute Gasteiger partial charge is 0.210 e. The summed E-state index contributed by atoms with van der Waals surface area (Å²) >= 11 is 1.42. The topological polar surface area (TPSA) is 62.1 Å². The van der Waals surface area contributed by atoms with Crippen LogP contribution in [0.1, 0.15) is 25.8 Å². The van der Waals surface area contributed by atoms with Crippen molar-refractivity contribution in [2.75, 3.05) is 42.9 Å². The van der Waals surface area contributed by atoms with E-state index in [1.54, 1.807) is 24.3 Å². The number of aromatic nitrogens is 4. The zero-order valence-electron chi connectivity index (χ0n) is 22.1. The fourth-order valence-corrected chi connectivity index (χ4v) is 6.19. The highest BCUT2D eigenvalue weighted by molar-refractivity contribution is 7.18. The predicted molar refractivity (Wildman–Crippen MR) is 156 cm³/mol. The Morgan fingerprint density at radius 3 is 2.45 bits per heavy atom. The highest BCUT2D eigenvalue weighted by Crippen LogP contribution is 2.44. The largest absolute Gasteiger partial charge is 0.367 e. The minimum atomic E-state index is -0.284. The number of halogens is 2. The molecule has 1 aliphatic carbocycles. The zero-order valence-corrected chi connectivity index (χ0v) is 23.0. The summed E-state index contributed by atoms with van der Waals surface area (Å²) in [4.78, 5) is 9.82. The van der Waals surface area contributed by atoms with E-state index in [9.17, 15) is 8.78 Å². The number of rotatable bonds is 7. The van der Waals surface area contributed by atoms with Gasteiger partial charge >= 0.3 is 0 Å². The predicted octanol–water partition coefficient (Wildman–Crippen LogP) is 6.72. The second-order valence-corrected chi connectivity index (χ2v) is 11.3. The van der Waals surface area contributed by atoms with E-state index in [0.717, 1.165) is 73.5 Å². The summed E-state index contributed by atoms with van der Waals surface area (Å²) in [6.07, 6.45) is 2.13. The van der Waals surface area contributed by atoms with E-state index in [-0.39, 0.29) is 11.6 Å². The lowest BCUT2D eigenvalue weighted by Crippen LogP contribution is -2.46. The number of piperazine rings is 1. The number of benzene rings is 3. The molecule has 3 aromatic carbocycles. The third-order valence-corrected chi connectivity index (χ3v) is 8.64. The van der Waals surface area contributed by atoms with E-state index < -0.39 is 0 Å². The van der Waals surface area contributed by atoms with Crippen molar-refractivity contribution in [3.8, 4) is 22.0 Å². The molecule has 10 heteroatoms. The summed E-state index contributed by atoms with van der Waals surface area (Å²) in [6, 6.07) is 17.7. The van der Waals surface area contributed by atoms with E-state index in [4.69, 9.17) is 4.98 Å². The average Bonchev–Trinajstić information content (AvgIpc) is 3.59. The maximum absolute atomic E-state index is 14.9. The van der Waals surface area contributed by atoms with Crippen molar-refractivity contribution >= 4 is 38.9 Å². The summed E-state index contributed by atoms with van der Waals surface area (Å²) in [5.74, 6) is 0.119. The number of anilines is 3. The molecule has 40 heavy (non-hydrogen) atoms. The number of fused-ring (bicyclic) bond motifs is 1. The molecule has 1 aliphatic heterocycles. The quantitative estimate of drug-likeness (QED) is 0.240. The van der Waals surface area contributed by atoms with E-state index in [1.165, 1.54) is 29.5 Å². The Balaban J connectivity index is 1.32. The summed E-state index contributed by atoms with van der Waals surface area (Å²) in [7, 11) is 0. The molecule has 1 N–H and O–H groups in total. The first kappa shape index (κ1) is 25.1. The number of nitrogens with one attached hydrogen (secondary N) is 1. The number of likely N-dealkylation sites (N-methyl/N-ethyl adjacent to an activating group) is 1. The zero-order chi connectivity index (χ0) is 27.2. The number of hydrogen-bond acceptors (Lipinski definition) is 7. The fourth-order valence-electron chi connectivity index (χ4n) is 5.43. The monoisotopic (exact) mass is 557 g/mol. The second kappa shape index (κ2) is 10.3. The first-order valence-electron chi connectivity index (χ1n) is 13.7. The van der Waals surface area contributed by atoms with Crippen LogP contribution in [-0.2, 0) is 0 Å². The van der Waals surface area contributed by atoms with Gasteiger partial charge in [0.2, 0.25) is 5.13 Å². The van der Waals surface area contributed by atoms with E-state index in [2.05, 4.69) is 48.9 Å². The maximum Gasteiger partial charge on any atom is 0.210 e. The van der Waals surface area contributed by atoms with Crippen molar-refractivity contribution in [2.45, 2.75) is 25.8 Å². The molecular formula is C30H29F2N7S. The summed E-state index contributed by atoms with van der Waals surface area (Å²) in [5.41, 5.74) is 5.13. The summed E-state index contributed by atoms with van der Waals surface area (Å²) < 4.78 is 30.6. The van der Waals surface area contributed by atoms with Crippen molar-refractivity contribution in [1.82, 2.24) is 24.6 Å². The van der Waals surface area contributed by atoms with Crippen molar-refractivity contribution < 1.29 is 8.78 Å². The lowest BCUT2D eigenvalue weighted by atomic mass is 10.2. The van der Waals surface area contributed by atoms with Gasteiger partial charge in [-0.2, -0.15) is 0 Å². The van der Waals surface area contributed by atoms with Gasteiger partial charge in [0.05, 0.1) is 28.0 Å². The van der Waals surface area contributed by atoms with Crippen LogP contribution in [0.4, 0.5) is 25.3 Å². The molecule has 0 spiro atoms. The molecule has 204 valence electrons. The Morgan fingerprint density at radius 2 is 1.73 bits per heavy atom. The van der Waals surface area contributed by atoms with Gasteiger partial charge in [0.25, 0.3) is 0 Å². The second-order valence-electron chi connectivity index (χ2n) is 10.3. The molecule has 0 amide bonds. The highest BCUT2D eigenvalue weighted by Gasteiger charge is 2.31. The first-order chi connectivity index (χ1) is 19.6. The van der Waals surface area contributed by atoms with Gasteiger partial charge in [-0.1, -0.05) is 30.4 Å². The first-order valence-corrected chi connectivity index (χ1v) is 14.5. The van der Waals surface area contributed by atoms with Crippen molar-refractivity contribution in [3.63, 3.8) is 0 Å². The van der Waals surface area contributed by atoms with Gasteiger partial charge in [-0.3, -0.25) is 0 Å². The minimum absolute atomic E-state index is 0.267. The van der Waals surface area contributed by atoms with Gasteiger partial charge in [0.15, 0.2) is 0 Å². The van der Waals surface area contributed by atoms with Gasteiger partial charge < -0.3 is 19.7 Å². The number of hydrogen-bond donors (Lipinski definition) is 1. The molecule has 2 aliphatic rings. The van der Waals surface area contributed by atoms with Crippen molar-refractivity contribution in [1.29, 1.82) is 0 Å². The Kier molecular flexibility index (Phi) is 6.44. The van der Waals surface area contributed by atoms with Crippen LogP contribution in [0.2, 0.25) is 0 Å². The standard InChI is InChI=1S/C30H29F2N7S/c1-2-37-13-15-38(16-14-37)26-18-27-25(33-28(39(27)21-11-12-21)22-5-3-4-6-23(22)32)17-24(26)34-30-36-35-29(40-30)19-7-9-20(31)10-8-19/h3-10,17-18,21H,2,11-16H2,1H3,(H,34,36). The molecule has 7 rings (SSSR count). The Labute approximate surface area is 235 Å². The van der Waals surface area contributed by atoms with Gasteiger partial charge in [0.1, 0.15) is 22.5 Å². The normalized spacial score (nSPS) is 16.1. The molecule has 0 radical (unpaired) electrons. The van der Waals surface area contributed by atoms with E-state index >= 15 is 0 Å². The molecule has 1 saturated heterocycles. The van der Waals surface area contributed by atoms with Crippen molar-refractivity contribution in [3.05, 3.63) is 72.3 Å². The van der Waals surface area contributed by atoms with Crippen LogP contribution >= 0.6 is 11.3 Å². The Morgan fingerprint density at radius 1 is 0.950 bits per heavy atom. The molecule has 7 nitrogen and oxygen atoms in total. The molecule has 2 aromatic heterocycles. The van der Waals surface area contributed by atoms with Crippen molar-refractivity contribution in [2.24, 2.45) is 0 Å².